The van der Waals surface area contributed by atoms with Crippen molar-refractivity contribution in [2.75, 3.05) is 18.4 Å². The second kappa shape index (κ2) is 6.22. The fourth-order valence-corrected chi connectivity index (χ4v) is 2.88. The first-order valence-electron chi connectivity index (χ1n) is 7.56. The SMILES string of the molecule is Cc1ccnc(NC(C)CN2CCc3ccccc3C2)n1. The zero-order valence-corrected chi connectivity index (χ0v) is 12.7. The van der Waals surface area contributed by atoms with Crippen LogP contribution in [-0.4, -0.2) is 34.0 Å². The van der Waals surface area contributed by atoms with Gasteiger partial charge in [-0.2, -0.15) is 0 Å². The third-order valence-electron chi connectivity index (χ3n) is 3.91. The summed E-state index contributed by atoms with van der Waals surface area (Å²) in [5.74, 6) is 0.722. The highest BCUT2D eigenvalue weighted by Gasteiger charge is 2.17. The fourth-order valence-electron chi connectivity index (χ4n) is 2.88. The molecule has 0 saturated heterocycles. The second-order valence-electron chi connectivity index (χ2n) is 5.82. The van der Waals surface area contributed by atoms with Gasteiger partial charge in [-0.3, -0.25) is 4.90 Å². The number of nitrogens with zero attached hydrogens (tertiary/aromatic N) is 3. The van der Waals surface area contributed by atoms with Crippen LogP contribution in [0.25, 0.3) is 0 Å². The van der Waals surface area contributed by atoms with Crippen molar-refractivity contribution < 1.29 is 0 Å². The van der Waals surface area contributed by atoms with Crippen molar-refractivity contribution in [1.82, 2.24) is 14.9 Å². The lowest BCUT2D eigenvalue weighted by Gasteiger charge is -2.31. The standard InChI is InChI=1S/C17H22N4/c1-13-7-9-18-17(19-13)20-14(2)11-21-10-8-15-5-3-4-6-16(15)12-21/h3-7,9,14H,8,10-12H2,1-2H3,(H,18,19,20). The first-order valence-corrected chi connectivity index (χ1v) is 7.56. The number of aromatic nitrogens is 2. The molecule has 1 aromatic carbocycles. The Hall–Kier alpha value is -1.94. The van der Waals surface area contributed by atoms with Gasteiger partial charge in [0.1, 0.15) is 0 Å². The molecule has 110 valence electrons. The van der Waals surface area contributed by atoms with Crippen LogP contribution in [0.5, 0.6) is 0 Å². The van der Waals surface area contributed by atoms with Gasteiger partial charge in [0.25, 0.3) is 0 Å². The van der Waals surface area contributed by atoms with Crippen molar-refractivity contribution in [3.05, 3.63) is 53.3 Å². The molecule has 1 aliphatic rings. The predicted molar refractivity (Wildman–Crippen MR) is 85.3 cm³/mol. The molecule has 0 spiro atoms. The van der Waals surface area contributed by atoms with Crippen molar-refractivity contribution >= 4 is 5.95 Å². The topological polar surface area (TPSA) is 41.1 Å². The zero-order valence-electron chi connectivity index (χ0n) is 12.7. The molecular weight excluding hydrogens is 260 g/mol. The van der Waals surface area contributed by atoms with Crippen LogP contribution in [0.1, 0.15) is 23.7 Å². The van der Waals surface area contributed by atoms with Crippen LogP contribution in [0.4, 0.5) is 5.95 Å². The Morgan fingerprint density at radius 3 is 2.86 bits per heavy atom. The number of anilines is 1. The number of rotatable bonds is 4. The summed E-state index contributed by atoms with van der Waals surface area (Å²) in [5.41, 5.74) is 3.95. The molecule has 4 nitrogen and oxygen atoms in total. The molecule has 1 unspecified atom stereocenters. The van der Waals surface area contributed by atoms with E-state index in [9.17, 15) is 0 Å². The highest BCUT2D eigenvalue weighted by molar-refractivity contribution is 5.29. The number of aryl methyl sites for hydroxylation is 1. The third kappa shape index (κ3) is 3.58. The van der Waals surface area contributed by atoms with E-state index < -0.39 is 0 Å². The Kier molecular flexibility index (Phi) is 4.15. The van der Waals surface area contributed by atoms with Gasteiger partial charge in [-0.25, -0.2) is 9.97 Å². The molecule has 1 N–H and O–H groups in total. The van der Waals surface area contributed by atoms with Crippen LogP contribution in [-0.2, 0) is 13.0 Å². The van der Waals surface area contributed by atoms with E-state index in [-0.39, 0.29) is 0 Å². The number of nitrogens with one attached hydrogen (secondary N) is 1. The Bertz CT molecular complexity index is 611. The number of hydrogen-bond donors (Lipinski definition) is 1. The van der Waals surface area contributed by atoms with E-state index in [2.05, 4.69) is 51.4 Å². The van der Waals surface area contributed by atoms with Crippen LogP contribution in [0, 0.1) is 6.92 Å². The van der Waals surface area contributed by atoms with Crippen molar-refractivity contribution in [1.29, 1.82) is 0 Å². The molecule has 1 aromatic heterocycles. The number of fused-ring (bicyclic) bond motifs is 1. The highest BCUT2D eigenvalue weighted by atomic mass is 15.2. The van der Waals surface area contributed by atoms with Crippen LogP contribution in [0.15, 0.2) is 36.5 Å². The Morgan fingerprint density at radius 2 is 2.05 bits per heavy atom. The number of hydrogen-bond acceptors (Lipinski definition) is 4. The maximum absolute atomic E-state index is 4.40. The normalized spacial score (nSPS) is 16.3. The average Bonchev–Trinajstić information content (AvgIpc) is 2.47. The lowest BCUT2D eigenvalue weighted by molar-refractivity contribution is 0.247. The molecule has 0 bridgehead atoms. The van der Waals surface area contributed by atoms with Crippen molar-refractivity contribution in [3.63, 3.8) is 0 Å². The molecule has 2 heterocycles. The van der Waals surface area contributed by atoms with Gasteiger partial charge >= 0.3 is 0 Å². The summed E-state index contributed by atoms with van der Waals surface area (Å²) in [6, 6.07) is 11.0. The van der Waals surface area contributed by atoms with E-state index in [1.54, 1.807) is 6.20 Å². The van der Waals surface area contributed by atoms with Gasteiger partial charge in [-0.1, -0.05) is 24.3 Å². The van der Waals surface area contributed by atoms with Crippen LogP contribution in [0.3, 0.4) is 0 Å². The molecule has 0 amide bonds. The Labute approximate surface area is 126 Å². The lowest BCUT2D eigenvalue weighted by Crippen LogP contribution is -2.38. The minimum Gasteiger partial charge on any atom is -0.350 e. The summed E-state index contributed by atoms with van der Waals surface area (Å²) >= 11 is 0. The molecule has 0 aliphatic carbocycles. The van der Waals surface area contributed by atoms with Crippen molar-refractivity contribution in [2.45, 2.75) is 32.9 Å². The molecular formula is C17H22N4. The van der Waals surface area contributed by atoms with Crippen molar-refractivity contribution in [3.8, 4) is 0 Å². The summed E-state index contributed by atoms with van der Waals surface area (Å²) in [7, 11) is 0. The van der Waals surface area contributed by atoms with E-state index in [1.165, 1.54) is 11.1 Å². The van der Waals surface area contributed by atoms with E-state index in [1.807, 2.05) is 13.0 Å². The minimum atomic E-state index is 0.331. The average molecular weight is 282 g/mol. The molecule has 0 fully saturated rings. The summed E-state index contributed by atoms with van der Waals surface area (Å²) in [5, 5.41) is 3.39. The van der Waals surface area contributed by atoms with Crippen molar-refractivity contribution in [2.24, 2.45) is 0 Å². The molecule has 0 radical (unpaired) electrons. The summed E-state index contributed by atoms with van der Waals surface area (Å²) in [6.07, 6.45) is 2.94. The maximum atomic E-state index is 4.40. The third-order valence-corrected chi connectivity index (χ3v) is 3.91. The van der Waals surface area contributed by atoms with Crippen LogP contribution < -0.4 is 5.32 Å². The smallest absolute Gasteiger partial charge is 0.223 e. The Morgan fingerprint density at radius 1 is 1.24 bits per heavy atom. The maximum Gasteiger partial charge on any atom is 0.223 e. The van der Waals surface area contributed by atoms with Gasteiger partial charge in [0.05, 0.1) is 0 Å². The zero-order chi connectivity index (χ0) is 14.7. The molecule has 21 heavy (non-hydrogen) atoms. The Balaban J connectivity index is 1.57. The summed E-state index contributed by atoms with van der Waals surface area (Å²) in [4.78, 5) is 11.2. The van der Waals surface area contributed by atoms with Gasteiger partial charge in [-0.15, -0.1) is 0 Å². The molecule has 3 rings (SSSR count). The summed E-state index contributed by atoms with van der Waals surface area (Å²) in [6.45, 7) is 7.34. The molecule has 1 aliphatic heterocycles. The first-order chi connectivity index (χ1) is 10.2. The van der Waals surface area contributed by atoms with Gasteiger partial charge < -0.3 is 5.32 Å². The second-order valence-corrected chi connectivity index (χ2v) is 5.82. The number of benzene rings is 1. The van der Waals surface area contributed by atoms with Crippen LogP contribution in [0.2, 0.25) is 0 Å². The lowest BCUT2D eigenvalue weighted by atomic mass is 10.00. The quantitative estimate of drug-likeness (QED) is 0.936. The first kappa shape index (κ1) is 14.0. The predicted octanol–water partition coefficient (Wildman–Crippen LogP) is 2.64. The van der Waals surface area contributed by atoms with E-state index in [0.29, 0.717) is 6.04 Å². The molecule has 1 atom stereocenters. The van der Waals surface area contributed by atoms with Gasteiger partial charge in [-0.05, 0) is 37.5 Å². The van der Waals surface area contributed by atoms with E-state index in [4.69, 9.17) is 0 Å². The van der Waals surface area contributed by atoms with E-state index in [0.717, 1.165) is 37.7 Å². The molecule has 4 heteroatoms. The van der Waals surface area contributed by atoms with Gasteiger partial charge in [0, 0.05) is 37.6 Å². The summed E-state index contributed by atoms with van der Waals surface area (Å²) < 4.78 is 0. The molecule has 0 saturated carbocycles. The highest BCUT2D eigenvalue weighted by Crippen LogP contribution is 2.18. The minimum absolute atomic E-state index is 0.331. The van der Waals surface area contributed by atoms with Gasteiger partial charge in [0.15, 0.2) is 0 Å². The van der Waals surface area contributed by atoms with Gasteiger partial charge in [0.2, 0.25) is 5.95 Å². The van der Waals surface area contributed by atoms with E-state index >= 15 is 0 Å². The molecule has 2 aromatic rings. The largest absolute Gasteiger partial charge is 0.350 e. The fraction of sp³-hybridized carbons (Fsp3) is 0.412. The monoisotopic (exact) mass is 282 g/mol. The van der Waals surface area contributed by atoms with Crippen LogP contribution >= 0.6 is 0 Å².